The highest BCUT2D eigenvalue weighted by molar-refractivity contribution is 14.1. The van der Waals surface area contributed by atoms with Crippen molar-refractivity contribution in [2.45, 2.75) is 0 Å². The normalized spacial score (nSPS) is 10.7. The van der Waals surface area contributed by atoms with Gasteiger partial charge in [0.1, 0.15) is 17.4 Å². The molecule has 0 atom stereocenters. The first-order valence-electron chi connectivity index (χ1n) is 9.40. The van der Waals surface area contributed by atoms with Gasteiger partial charge in [-0.15, -0.1) is 0 Å². The molecule has 0 aliphatic rings. The van der Waals surface area contributed by atoms with Crippen molar-refractivity contribution in [2.24, 2.45) is 0 Å². The predicted octanol–water partition coefficient (Wildman–Crippen LogP) is 5.62. The van der Waals surface area contributed by atoms with E-state index in [-0.39, 0.29) is 18.1 Å². The highest BCUT2D eigenvalue weighted by Gasteiger charge is 2.10. The standard InChI is InChI=1S/C24H17BrIN3O3/c25-18-6-8-20(9-7-18)28-23(30)15-32-22-10-4-16(5-11-22)12-17(14-27)24(31)29-21-3-1-2-19(26)13-21/h1-13H,15H2,(H,28,30)(H,29,31)/b17-12+. The van der Waals surface area contributed by atoms with Crippen molar-refractivity contribution in [3.8, 4) is 11.8 Å². The first kappa shape index (κ1) is 23.5. The van der Waals surface area contributed by atoms with Crippen molar-refractivity contribution in [1.29, 1.82) is 5.26 Å². The highest BCUT2D eigenvalue weighted by Crippen LogP contribution is 2.17. The number of benzene rings is 3. The maximum atomic E-state index is 12.4. The summed E-state index contributed by atoms with van der Waals surface area (Å²) in [4.78, 5) is 24.4. The molecule has 0 saturated heterocycles. The van der Waals surface area contributed by atoms with E-state index in [2.05, 4.69) is 49.2 Å². The maximum Gasteiger partial charge on any atom is 0.266 e. The Balaban J connectivity index is 1.57. The van der Waals surface area contributed by atoms with Gasteiger partial charge in [0.2, 0.25) is 0 Å². The van der Waals surface area contributed by atoms with Crippen LogP contribution in [0.15, 0.2) is 82.8 Å². The number of halogens is 2. The minimum absolute atomic E-state index is 0.0218. The first-order chi connectivity index (χ1) is 15.4. The lowest BCUT2D eigenvalue weighted by atomic mass is 10.1. The van der Waals surface area contributed by atoms with E-state index in [9.17, 15) is 14.9 Å². The molecule has 0 fully saturated rings. The fourth-order valence-corrected chi connectivity index (χ4v) is 3.43. The molecule has 0 spiro atoms. The summed E-state index contributed by atoms with van der Waals surface area (Å²) in [5, 5.41) is 14.8. The molecule has 0 saturated carbocycles. The molecule has 3 rings (SSSR count). The molecule has 8 heteroatoms. The Morgan fingerprint density at radius 2 is 1.72 bits per heavy atom. The van der Waals surface area contributed by atoms with Crippen LogP contribution in [0.2, 0.25) is 0 Å². The van der Waals surface area contributed by atoms with Gasteiger partial charge < -0.3 is 15.4 Å². The molecule has 0 aliphatic carbocycles. The van der Waals surface area contributed by atoms with Gasteiger partial charge in [-0.1, -0.05) is 34.1 Å². The highest BCUT2D eigenvalue weighted by atomic mass is 127. The monoisotopic (exact) mass is 601 g/mol. The van der Waals surface area contributed by atoms with Gasteiger partial charge in [0.25, 0.3) is 11.8 Å². The number of anilines is 2. The topological polar surface area (TPSA) is 91.2 Å². The number of ether oxygens (including phenoxy) is 1. The molecular formula is C24H17BrIN3O3. The number of nitrogens with one attached hydrogen (secondary N) is 2. The molecule has 6 nitrogen and oxygen atoms in total. The number of nitrogens with zero attached hydrogens (tertiary/aromatic N) is 1. The first-order valence-corrected chi connectivity index (χ1v) is 11.3. The Morgan fingerprint density at radius 3 is 2.38 bits per heavy atom. The van der Waals surface area contributed by atoms with E-state index in [1.807, 2.05) is 36.4 Å². The van der Waals surface area contributed by atoms with E-state index in [1.54, 1.807) is 42.5 Å². The lowest BCUT2D eigenvalue weighted by Gasteiger charge is -2.08. The van der Waals surface area contributed by atoms with Gasteiger partial charge in [-0.2, -0.15) is 5.26 Å². The Hall–Kier alpha value is -3.16. The third kappa shape index (κ3) is 7.21. The molecule has 0 bridgehead atoms. The Morgan fingerprint density at radius 1 is 1.00 bits per heavy atom. The van der Waals surface area contributed by atoms with E-state index in [0.717, 1.165) is 8.04 Å². The minimum Gasteiger partial charge on any atom is -0.484 e. The lowest BCUT2D eigenvalue weighted by Crippen LogP contribution is -2.20. The summed E-state index contributed by atoms with van der Waals surface area (Å²) in [7, 11) is 0. The zero-order chi connectivity index (χ0) is 22.9. The molecule has 0 aromatic heterocycles. The van der Waals surface area contributed by atoms with Gasteiger partial charge in [-0.3, -0.25) is 9.59 Å². The summed E-state index contributed by atoms with van der Waals surface area (Å²) in [5.74, 6) is -0.273. The van der Waals surface area contributed by atoms with Crippen molar-refractivity contribution in [3.63, 3.8) is 0 Å². The quantitative estimate of drug-likeness (QED) is 0.209. The second kappa shape index (κ2) is 11.5. The number of hydrogen-bond acceptors (Lipinski definition) is 4. The van der Waals surface area contributed by atoms with Crippen LogP contribution >= 0.6 is 38.5 Å². The van der Waals surface area contributed by atoms with Crippen molar-refractivity contribution < 1.29 is 14.3 Å². The zero-order valence-corrected chi connectivity index (χ0v) is 20.4. The van der Waals surface area contributed by atoms with Crippen LogP contribution in [-0.2, 0) is 9.59 Å². The molecule has 2 N–H and O–H groups in total. The van der Waals surface area contributed by atoms with Crippen molar-refractivity contribution in [1.82, 2.24) is 0 Å². The average molecular weight is 602 g/mol. The summed E-state index contributed by atoms with van der Waals surface area (Å²) in [6, 6.07) is 23.2. The summed E-state index contributed by atoms with van der Waals surface area (Å²) in [5.41, 5.74) is 1.93. The Bertz CT molecular complexity index is 1190. The van der Waals surface area contributed by atoms with E-state index >= 15 is 0 Å². The third-order valence-corrected chi connectivity index (χ3v) is 5.34. The fourth-order valence-electron chi connectivity index (χ4n) is 2.62. The number of carbonyl (C=O) groups excluding carboxylic acids is 2. The van der Waals surface area contributed by atoms with E-state index in [1.165, 1.54) is 6.08 Å². The van der Waals surface area contributed by atoms with Crippen LogP contribution in [0.1, 0.15) is 5.56 Å². The van der Waals surface area contributed by atoms with Gasteiger partial charge >= 0.3 is 0 Å². The van der Waals surface area contributed by atoms with Crippen LogP contribution in [0.3, 0.4) is 0 Å². The van der Waals surface area contributed by atoms with Crippen molar-refractivity contribution in [2.75, 3.05) is 17.2 Å². The van der Waals surface area contributed by atoms with Crippen LogP contribution in [0.25, 0.3) is 6.08 Å². The molecule has 2 amide bonds. The number of rotatable bonds is 7. The van der Waals surface area contributed by atoms with Gasteiger partial charge in [-0.25, -0.2) is 0 Å². The molecule has 32 heavy (non-hydrogen) atoms. The zero-order valence-electron chi connectivity index (χ0n) is 16.6. The number of hydrogen-bond donors (Lipinski definition) is 2. The third-order valence-electron chi connectivity index (χ3n) is 4.14. The van der Waals surface area contributed by atoms with Crippen LogP contribution in [-0.4, -0.2) is 18.4 Å². The van der Waals surface area contributed by atoms with Gasteiger partial charge in [-0.05, 0) is 88.8 Å². The maximum absolute atomic E-state index is 12.4. The molecule has 160 valence electrons. The second-order valence-electron chi connectivity index (χ2n) is 6.55. The lowest BCUT2D eigenvalue weighted by molar-refractivity contribution is -0.118. The number of carbonyl (C=O) groups is 2. The summed E-state index contributed by atoms with van der Waals surface area (Å²) >= 11 is 5.49. The van der Waals surface area contributed by atoms with Crippen LogP contribution in [0, 0.1) is 14.9 Å². The second-order valence-corrected chi connectivity index (χ2v) is 8.71. The van der Waals surface area contributed by atoms with Crippen LogP contribution in [0.5, 0.6) is 5.75 Å². The molecular weight excluding hydrogens is 585 g/mol. The van der Waals surface area contributed by atoms with Crippen molar-refractivity contribution in [3.05, 3.63) is 92.0 Å². The van der Waals surface area contributed by atoms with Gasteiger partial charge in [0, 0.05) is 19.4 Å². The van der Waals surface area contributed by atoms with Gasteiger partial charge in [0.05, 0.1) is 0 Å². The SMILES string of the molecule is N#C/C(=C\c1ccc(OCC(=O)Nc2ccc(Br)cc2)cc1)C(=O)Nc1cccc(I)c1. The molecule has 0 radical (unpaired) electrons. The number of nitriles is 1. The minimum atomic E-state index is -0.487. The molecule has 0 aliphatic heterocycles. The Kier molecular flexibility index (Phi) is 8.41. The fraction of sp³-hybridized carbons (Fsp3) is 0.0417. The smallest absolute Gasteiger partial charge is 0.266 e. The Labute approximate surface area is 207 Å². The van der Waals surface area contributed by atoms with Crippen molar-refractivity contribution >= 4 is 67.8 Å². The molecule has 3 aromatic carbocycles. The predicted molar refractivity (Wildman–Crippen MR) is 136 cm³/mol. The average Bonchev–Trinajstić information content (AvgIpc) is 2.78. The van der Waals surface area contributed by atoms with Gasteiger partial charge in [0.15, 0.2) is 6.61 Å². The number of amides is 2. The summed E-state index contributed by atoms with van der Waals surface area (Å²) in [6.07, 6.45) is 1.49. The summed E-state index contributed by atoms with van der Waals surface area (Å²) in [6.45, 7) is -0.146. The van der Waals surface area contributed by atoms with E-state index < -0.39 is 5.91 Å². The molecule has 0 heterocycles. The van der Waals surface area contributed by atoms with E-state index in [4.69, 9.17) is 4.74 Å². The van der Waals surface area contributed by atoms with E-state index in [0.29, 0.717) is 22.7 Å². The molecule has 3 aromatic rings. The van der Waals surface area contributed by atoms with Crippen LogP contribution < -0.4 is 15.4 Å². The molecule has 0 unspecified atom stereocenters. The summed E-state index contributed by atoms with van der Waals surface area (Å²) < 4.78 is 7.40. The van der Waals surface area contributed by atoms with Crippen LogP contribution in [0.4, 0.5) is 11.4 Å². The largest absolute Gasteiger partial charge is 0.484 e.